The number of amides is 1. The Kier molecular flexibility index (Phi) is 9.29. The number of hydrogen-bond acceptors (Lipinski definition) is 8. The summed E-state index contributed by atoms with van der Waals surface area (Å²) in [6, 6.07) is 21.3. The minimum Gasteiger partial charge on any atom is -0.385 e. The maximum Gasteiger partial charge on any atom is 0.254 e. The Morgan fingerprint density at radius 2 is 1.67 bits per heavy atom. The van der Waals surface area contributed by atoms with Crippen molar-refractivity contribution in [2.24, 2.45) is 11.7 Å². The Morgan fingerprint density at radius 3 is 2.40 bits per heavy atom. The van der Waals surface area contributed by atoms with E-state index >= 15 is 0 Å². The molecule has 2 saturated heterocycles. The molecule has 4 N–H and O–H groups in total. The van der Waals surface area contributed by atoms with E-state index < -0.39 is 11.7 Å². The highest BCUT2D eigenvalue weighted by Gasteiger charge is 2.28. The first-order valence-corrected chi connectivity index (χ1v) is 17.0. The van der Waals surface area contributed by atoms with Gasteiger partial charge in [-0.25, -0.2) is 9.07 Å². The predicted octanol–water partition coefficient (Wildman–Crippen LogP) is 5.13. The van der Waals surface area contributed by atoms with Gasteiger partial charge in [0.2, 0.25) is 0 Å². The van der Waals surface area contributed by atoms with Gasteiger partial charge in [0, 0.05) is 93.6 Å². The first-order chi connectivity index (χ1) is 23.5. The van der Waals surface area contributed by atoms with Crippen molar-refractivity contribution in [2.45, 2.75) is 32.2 Å². The van der Waals surface area contributed by atoms with Gasteiger partial charge in [-0.3, -0.25) is 9.69 Å². The molecule has 0 radical (unpaired) electrons. The molecule has 1 amide bonds. The van der Waals surface area contributed by atoms with Crippen molar-refractivity contribution in [3.05, 3.63) is 83.7 Å². The second kappa shape index (κ2) is 14.1. The zero-order valence-corrected chi connectivity index (χ0v) is 27.2. The first-order valence-electron chi connectivity index (χ1n) is 17.0. The lowest BCUT2D eigenvalue weighted by Crippen LogP contribution is -2.49. The molecule has 1 aromatic heterocycles. The van der Waals surface area contributed by atoms with Crippen molar-refractivity contribution in [2.75, 3.05) is 72.8 Å². The van der Waals surface area contributed by atoms with E-state index in [2.05, 4.69) is 72.9 Å². The summed E-state index contributed by atoms with van der Waals surface area (Å²) in [5.74, 6) is 0.136. The van der Waals surface area contributed by atoms with Crippen molar-refractivity contribution in [3.8, 4) is 11.3 Å². The van der Waals surface area contributed by atoms with Crippen molar-refractivity contribution < 1.29 is 14.0 Å². The Labute approximate surface area is 280 Å². The molecule has 0 spiro atoms. The van der Waals surface area contributed by atoms with Crippen molar-refractivity contribution in [1.82, 2.24) is 14.7 Å². The van der Waals surface area contributed by atoms with Crippen LogP contribution < -0.4 is 26.2 Å². The number of fused-ring (bicyclic) bond motifs is 2. The molecular formula is C37H43FN8O2. The normalized spacial score (nSPS) is 16.9. The number of anilines is 5. The lowest BCUT2D eigenvalue weighted by atomic mass is 9.95. The number of benzene rings is 3. The van der Waals surface area contributed by atoms with Gasteiger partial charge in [0.05, 0.1) is 0 Å². The SMILES string of the molecule is NC(=O)c1c(-c2ccccc2F)nn2c1Nc1ccc(N3CCN(CC4CCN(c5ccc(NCCC=O)cc5)CC4)CC3)cc1CC2. The third-order valence-corrected chi connectivity index (χ3v) is 9.95. The third kappa shape index (κ3) is 6.73. The van der Waals surface area contributed by atoms with E-state index in [0.717, 1.165) is 75.5 Å². The summed E-state index contributed by atoms with van der Waals surface area (Å²) in [4.78, 5) is 30.7. The topological polar surface area (TPSA) is 112 Å². The van der Waals surface area contributed by atoms with E-state index in [1.165, 1.54) is 30.3 Å². The van der Waals surface area contributed by atoms with Crippen LogP contribution in [-0.2, 0) is 17.8 Å². The summed E-state index contributed by atoms with van der Waals surface area (Å²) in [6.45, 7) is 8.59. The van der Waals surface area contributed by atoms with Gasteiger partial charge in [-0.1, -0.05) is 12.1 Å². The summed E-state index contributed by atoms with van der Waals surface area (Å²) in [5.41, 5.74) is 12.1. The number of aromatic nitrogens is 2. The number of carbonyl (C=O) groups excluding carboxylic acids is 2. The van der Waals surface area contributed by atoms with Crippen LogP contribution in [0.3, 0.4) is 0 Å². The fourth-order valence-electron chi connectivity index (χ4n) is 7.28. The van der Waals surface area contributed by atoms with Crippen molar-refractivity contribution in [1.29, 1.82) is 0 Å². The highest BCUT2D eigenvalue weighted by molar-refractivity contribution is 6.04. The molecule has 4 aromatic rings. The molecule has 2 fully saturated rings. The van der Waals surface area contributed by atoms with Crippen LogP contribution in [-0.4, -0.2) is 79.2 Å². The lowest BCUT2D eigenvalue weighted by molar-refractivity contribution is -0.107. The molecule has 48 heavy (non-hydrogen) atoms. The monoisotopic (exact) mass is 650 g/mol. The largest absolute Gasteiger partial charge is 0.385 e. The van der Waals surface area contributed by atoms with Crippen LogP contribution in [0.4, 0.5) is 33.0 Å². The summed E-state index contributed by atoms with van der Waals surface area (Å²) >= 11 is 0. The average molecular weight is 651 g/mol. The van der Waals surface area contributed by atoms with Crippen LogP contribution >= 0.6 is 0 Å². The molecule has 3 aliphatic rings. The average Bonchev–Trinajstić information content (AvgIpc) is 3.37. The molecule has 0 atom stereocenters. The van der Waals surface area contributed by atoms with Crippen LogP contribution in [0.15, 0.2) is 66.7 Å². The minimum absolute atomic E-state index is 0.202. The van der Waals surface area contributed by atoms with Crippen LogP contribution in [0.5, 0.6) is 0 Å². The number of aldehydes is 1. The van der Waals surface area contributed by atoms with E-state index in [9.17, 15) is 14.0 Å². The number of primary amides is 1. The zero-order valence-electron chi connectivity index (χ0n) is 27.2. The molecule has 11 heteroatoms. The molecule has 4 heterocycles. The summed E-state index contributed by atoms with van der Waals surface area (Å²) in [5, 5.41) is 11.3. The zero-order chi connectivity index (χ0) is 33.0. The van der Waals surface area contributed by atoms with Gasteiger partial charge in [0.15, 0.2) is 0 Å². The Balaban J connectivity index is 0.926. The number of piperazine rings is 1. The highest BCUT2D eigenvalue weighted by Crippen LogP contribution is 2.36. The van der Waals surface area contributed by atoms with Crippen LogP contribution in [0, 0.1) is 11.7 Å². The van der Waals surface area contributed by atoms with E-state index in [-0.39, 0.29) is 16.8 Å². The van der Waals surface area contributed by atoms with Gasteiger partial charge < -0.3 is 31.0 Å². The number of nitrogens with two attached hydrogens (primary N) is 1. The fourth-order valence-corrected chi connectivity index (χ4v) is 7.28. The lowest BCUT2D eigenvalue weighted by Gasteiger charge is -2.40. The highest BCUT2D eigenvalue weighted by atomic mass is 19.1. The number of piperidine rings is 1. The number of nitrogens with zero attached hydrogens (tertiary/aromatic N) is 5. The molecule has 3 aromatic carbocycles. The van der Waals surface area contributed by atoms with Gasteiger partial charge in [0.25, 0.3) is 5.91 Å². The Hall–Kier alpha value is -4.90. The quantitative estimate of drug-likeness (QED) is 0.160. The molecule has 250 valence electrons. The third-order valence-electron chi connectivity index (χ3n) is 9.95. The molecule has 0 bridgehead atoms. The second-order valence-corrected chi connectivity index (χ2v) is 13.0. The number of halogens is 1. The second-order valence-electron chi connectivity index (χ2n) is 13.0. The molecule has 0 aliphatic carbocycles. The summed E-state index contributed by atoms with van der Waals surface area (Å²) in [6.07, 6.45) is 4.59. The summed E-state index contributed by atoms with van der Waals surface area (Å²) < 4.78 is 16.4. The van der Waals surface area contributed by atoms with E-state index in [1.54, 1.807) is 22.9 Å². The first kappa shape index (κ1) is 31.7. The van der Waals surface area contributed by atoms with Gasteiger partial charge in [-0.05, 0) is 85.3 Å². The van der Waals surface area contributed by atoms with Crippen molar-refractivity contribution in [3.63, 3.8) is 0 Å². The van der Waals surface area contributed by atoms with E-state index in [1.807, 2.05) is 0 Å². The number of carbonyl (C=O) groups is 2. The molecule has 3 aliphatic heterocycles. The maximum absolute atomic E-state index is 14.6. The molecule has 0 unspecified atom stereocenters. The van der Waals surface area contributed by atoms with Crippen LogP contribution in [0.1, 0.15) is 35.2 Å². The smallest absolute Gasteiger partial charge is 0.254 e. The van der Waals surface area contributed by atoms with Crippen LogP contribution in [0.25, 0.3) is 11.3 Å². The number of rotatable bonds is 10. The molecule has 0 saturated carbocycles. The maximum atomic E-state index is 14.6. The van der Waals surface area contributed by atoms with E-state index in [0.29, 0.717) is 31.2 Å². The van der Waals surface area contributed by atoms with Gasteiger partial charge in [0.1, 0.15) is 29.2 Å². The molecular weight excluding hydrogens is 607 g/mol. The van der Waals surface area contributed by atoms with Gasteiger partial charge >= 0.3 is 0 Å². The number of nitrogens with one attached hydrogen (secondary N) is 2. The Morgan fingerprint density at radius 1 is 0.938 bits per heavy atom. The fraction of sp³-hybridized carbons (Fsp3) is 0.378. The Bertz CT molecular complexity index is 1760. The standard InChI is InChI=1S/C37H43FN8O2/c38-32-5-2-1-4-31(32)35-34(36(39)48)37-41-33-11-10-30(24-27(33)14-18-46(37)42-35)45-21-19-43(20-22-45)25-26-12-16-44(17-13-26)29-8-6-28(7-9-29)40-15-3-23-47/h1-2,4-11,23-24,26,40-41H,3,12-22,25H2,(H2,39,48). The molecule has 7 rings (SSSR count). The van der Waals surface area contributed by atoms with Gasteiger partial charge in [-0.2, -0.15) is 5.10 Å². The minimum atomic E-state index is -0.641. The predicted molar refractivity (Wildman–Crippen MR) is 189 cm³/mol. The van der Waals surface area contributed by atoms with Crippen molar-refractivity contribution >= 4 is 40.8 Å². The van der Waals surface area contributed by atoms with E-state index in [4.69, 9.17) is 5.73 Å². The van der Waals surface area contributed by atoms with Gasteiger partial charge in [-0.15, -0.1) is 0 Å². The number of aryl methyl sites for hydroxylation is 2. The molecule has 10 nitrogen and oxygen atoms in total. The number of hydrogen-bond donors (Lipinski definition) is 3. The van der Waals surface area contributed by atoms with Crippen LogP contribution in [0.2, 0.25) is 0 Å². The summed E-state index contributed by atoms with van der Waals surface area (Å²) in [7, 11) is 0.